The third-order valence-corrected chi connectivity index (χ3v) is 4.86. The van der Waals surface area contributed by atoms with Crippen molar-refractivity contribution in [2.45, 2.75) is 24.9 Å². The molecule has 2 heterocycles. The van der Waals surface area contributed by atoms with E-state index in [1.807, 2.05) is 30.3 Å². The Morgan fingerprint density at radius 3 is 2.68 bits per heavy atom. The van der Waals surface area contributed by atoms with Gasteiger partial charge >= 0.3 is 0 Å². The second-order valence-electron chi connectivity index (χ2n) is 6.51. The number of fused-ring (bicyclic) bond motifs is 1. The molecule has 5 heteroatoms. The van der Waals surface area contributed by atoms with E-state index in [1.165, 1.54) is 6.07 Å². The minimum absolute atomic E-state index is 0.0238. The van der Waals surface area contributed by atoms with Crippen LogP contribution in [0, 0.1) is 5.82 Å². The molecule has 130 valence electrons. The molecule has 2 aromatic carbocycles. The van der Waals surface area contributed by atoms with Crippen LogP contribution in [-0.4, -0.2) is 36.6 Å². The number of hydrogen-bond acceptors (Lipinski definition) is 3. The summed E-state index contributed by atoms with van der Waals surface area (Å²) in [5, 5.41) is 0. The SMILES string of the molecule is O=C(C1COc2ccccc2O1)N1CCCC(c2ccccc2F)C1. The van der Waals surface area contributed by atoms with E-state index < -0.39 is 6.10 Å². The van der Waals surface area contributed by atoms with Gasteiger partial charge in [-0.2, -0.15) is 0 Å². The molecule has 4 nitrogen and oxygen atoms in total. The standard InChI is InChI=1S/C20H20FNO3/c21-16-8-2-1-7-15(16)14-6-5-11-22(12-14)20(23)19-13-24-17-9-3-4-10-18(17)25-19/h1-4,7-10,14,19H,5-6,11-13H2. The van der Waals surface area contributed by atoms with Gasteiger partial charge in [-0.3, -0.25) is 4.79 Å². The maximum atomic E-state index is 14.1. The monoisotopic (exact) mass is 341 g/mol. The van der Waals surface area contributed by atoms with Crippen molar-refractivity contribution in [1.29, 1.82) is 0 Å². The Hall–Kier alpha value is -2.56. The number of nitrogens with zero attached hydrogens (tertiary/aromatic N) is 1. The van der Waals surface area contributed by atoms with Crippen LogP contribution in [0.4, 0.5) is 4.39 Å². The van der Waals surface area contributed by atoms with E-state index in [0.717, 1.165) is 12.8 Å². The molecule has 2 aliphatic heterocycles. The molecule has 25 heavy (non-hydrogen) atoms. The van der Waals surface area contributed by atoms with Crippen LogP contribution in [0.1, 0.15) is 24.3 Å². The normalized spacial score (nSPS) is 22.5. The summed E-state index contributed by atoms with van der Waals surface area (Å²) in [7, 11) is 0. The fraction of sp³-hybridized carbons (Fsp3) is 0.350. The Morgan fingerprint density at radius 2 is 1.84 bits per heavy atom. The highest BCUT2D eigenvalue weighted by Gasteiger charge is 2.34. The third-order valence-electron chi connectivity index (χ3n) is 4.86. The Bertz CT molecular complexity index is 779. The zero-order valence-electron chi connectivity index (χ0n) is 13.9. The number of amides is 1. The molecule has 2 atom stereocenters. The van der Waals surface area contributed by atoms with Gasteiger partial charge in [0.05, 0.1) is 0 Å². The summed E-state index contributed by atoms with van der Waals surface area (Å²) in [6.07, 6.45) is 1.10. The molecule has 1 fully saturated rings. The summed E-state index contributed by atoms with van der Waals surface area (Å²) in [5.41, 5.74) is 0.686. The maximum absolute atomic E-state index is 14.1. The highest BCUT2D eigenvalue weighted by molar-refractivity contribution is 5.82. The lowest BCUT2D eigenvalue weighted by Crippen LogP contribution is -2.49. The van der Waals surface area contributed by atoms with E-state index in [1.54, 1.807) is 17.0 Å². The molecule has 2 aliphatic rings. The zero-order valence-corrected chi connectivity index (χ0v) is 13.9. The number of para-hydroxylation sites is 2. The summed E-state index contributed by atoms with van der Waals surface area (Å²) in [4.78, 5) is 14.6. The number of ether oxygens (including phenoxy) is 2. The van der Waals surface area contributed by atoms with Crippen LogP contribution in [0.3, 0.4) is 0 Å². The van der Waals surface area contributed by atoms with Crippen molar-refractivity contribution in [2.24, 2.45) is 0 Å². The first-order valence-electron chi connectivity index (χ1n) is 8.64. The van der Waals surface area contributed by atoms with Crippen molar-refractivity contribution in [2.75, 3.05) is 19.7 Å². The Morgan fingerprint density at radius 1 is 1.08 bits per heavy atom. The summed E-state index contributed by atoms with van der Waals surface area (Å²) in [5.74, 6) is 0.989. The number of benzene rings is 2. The minimum Gasteiger partial charge on any atom is -0.485 e. The molecule has 0 aliphatic carbocycles. The summed E-state index contributed by atoms with van der Waals surface area (Å²) >= 11 is 0. The summed E-state index contributed by atoms with van der Waals surface area (Å²) in [6, 6.07) is 14.2. The Labute approximate surface area is 146 Å². The number of carbonyl (C=O) groups excluding carboxylic acids is 1. The Kier molecular flexibility index (Phi) is 4.30. The van der Waals surface area contributed by atoms with Crippen LogP contribution in [0.2, 0.25) is 0 Å². The number of likely N-dealkylation sites (tertiary alicyclic amines) is 1. The van der Waals surface area contributed by atoms with Gasteiger partial charge in [0.2, 0.25) is 6.10 Å². The van der Waals surface area contributed by atoms with Crippen LogP contribution in [-0.2, 0) is 4.79 Å². The van der Waals surface area contributed by atoms with Crippen molar-refractivity contribution < 1.29 is 18.7 Å². The lowest BCUT2D eigenvalue weighted by atomic mass is 9.90. The molecule has 0 bridgehead atoms. The molecule has 0 aromatic heterocycles. The van der Waals surface area contributed by atoms with E-state index in [4.69, 9.17) is 9.47 Å². The van der Waals surface area contributed by atoms with Crippen molar-refractivity contribution in [3.05, 3.63) is 59.9 Å². The quantitative estimate of drug-likeness (QED) is 0.841. The fourth-order valence-corrected chi connectivity index (χ4v) is 3.58. The predicted octanol–water partition coefficient (Wildman–Crippen LogP) is 3.37. The first-order chi connectivity index (χ1) is 12.2. The van der Waals surface area contributed by atoms with Crippen LogP contribution < -0.4 is 9.47 Å². The van der Waals surface area contributed by atoms with Gasteiger partial charge < -0.3 is 14.4 Å². The fourth-order valence-electron chi connectivity index (χ4n) is 3.58. The van der Waals surface area contributed by atoms with Gasteiger partial charge in [0.15, 0.2) is 11.5 Å². The van der Waals surface area contributed by atoms with E-state index >= 15 is 0 Å². The van der Waals surface area contributed by atoms with Gasteiger partial charge in [-0.15, -0.1) is 0 Å². The molecule has 0 spiro atoms. The molecular weight excluding hydrogens is 321 g/mol. The van der Waals surface area contributed by atoms with Crippen LogP contribution in [0.15, 0.2) is 48.5 Å². The number of carbonyl (C=O) groups is 1. The molecule has 0 radical (unpaired) electrons. The first kappa shape index (κ1) is 15.9. The lowest BCUT2D eigenvalue weighted by Gasteiger charge is -2.36. The van der Waals surface area contributed by atoms with Gasteiger partial charge in [-0.05, 0) is 36.6 Å². The van der Waals surface area contributed by atoms with Gasteiger partial charge in [0.1, 0.15) is 12.4 Å². The van der Waals surface area contributed by atoms with E-state index in [0.29, 0.717) is 30.2 Å². The Balaban J connectivity index is 1.47. The number of hydrogen-bond donors (Lipinski definition) is 0. The average molecular weight is 341 g/mol. The van der Waals surface area contributed by atoms with Crippen LogP contribution in [0.5, 0.6) is 11.5 Å². The van der Waals surface area contributed by atoms with E-state index in [9.17, 15) is 9.18 Å². The highest BCUT2D eigenvalue weighted by Crippen LogP contribution is 2.33. The molecule has 1 saturated heterocycles. The average Bonchev–Trinajstić information content (AvgIpc) is 2.67. The molecule has 1 amide bonds. The van der Waals surface area contributed by atoms with Crippen LogP contribution >= 0.6 is 0 Å². The summed E-state index contributed by atoms with van der Waals surface area (Å²) in [6.45, 7) is 1.39. The lowest BCUT2D eigenvalue weighted by molar-refractivity contribution is -0.142. The summed E-state index contributed by atoms with van der Waals surface area (Å²) < 4.78 is 25.5. The van der Waals surface area contributed by atoms with E-state index in [2.05, 4.69) is 0 Å². The number of rotatable bonds is 2. The van der Waals surface area contributed by atoms with Crippen LogP contribution in [0.25, 0.3) is 0 Å². The molecule has 0 N–H and O–H groups in total. The maximum Gasteiger partial charge on any atom is 0.267 e. The molecule has 2 unspecified atom stereocenters. The van der Waals surface area contributed by atoms with Crippen molar-refractivity contribution in [1.82, 2.24) is 4.90 Å². The largest absolute Gasteiger partial charge is 0.485 e. The topological polar surface area (TPSA) is 38.8 Å². The highest BCUT2D eigenvalue weighted by atomic mass is 19.1. The second kappa shape index (κ2) is 6.75. The van der Waals surface area contributed by atoms with Gasteiger partial charge in [-0.1, -0.05) is 30.3 Å². The first-order valence-corrected chi connectivity index (χ1v) is 8.64. The number of halogens is 1. The van der Waals surface area contributed by atoms with Crippen molar-refractivity contribution in [3.63, 3.8) is 0 Å². The molecule has 0 saturated carbocycles. The van der Waals surface area contributed by atoms with Gasteiger partial charge in [-0.25, -0.2) is 4.39 Å². The predicted molar refractivity (Wildman–Crippen MR) is 91.3 cm³/mol. The minimum atomic E-state index is -0.644. The smallest absolute Gasteiger partial charge is 0.267 e. The molecular formula is C20H20FNO3. The third kappa shape index (κ3) is 3.18. The van der Waals surface area contributed by atoms with Crippen molar-refractivity contribution in [3.8, 4) is 11.5 Å². The van der Waals surface area contributed by atoms with E-state index in [-0.39, 0.29) is 24.2 Å². The second-order valence-corrected chi connectivity index (χ2v) is 6.51. The van der Waals surface area contributed by atoms with Gasteiger partial charge in [0.25, 0.3) is 5.91 Å². The van der Waals surface area contributed by atoms with Gasteiger partial charge in [0, 0.05) is 19.0 Å². The number of piperidine rings is 1. The zero-order chi connectivity index (χ0) is 17.2. The molecule has 2 aromatic rings. The van der Waals surface area contributed by atoms with Crippen molar-refractivity contribution >= 4 is 5.91 Å². The molecule has 4 rings (SSSR count).